The lowest BCUT2D eigenvalue weighted by atomic mass is 10.3. The molecule has 2 N–H and O–H groups in total. The molecule has 0 unspecified atom stereocenters. The second-order valence-corrected chi connectivity index (χ2v) is 4.31. The highest BCUT2D eigenvalue weighted by Crippen LogP contribution is 2.15. The van der Waals surface area contributed by atoms with Crippen LogP contribution in [-0.4, -0.2) is 22.0 Å². The molecule has 0 fully saturated rings. The van der Waals surface area contributed by atoms with E-state index in [9.17, 15) is 4.79 Å². The summed E-state index contributed by atoms with van der Waals surface area (Å²) in [5, 5.41) is 5.58. The van der Waals surface area contributed by atoms with Gasteiger partial charge in [0.15, 0.2) is 0 Å². The second-order valence-electron chi connectivity index (χ2n) is 4.31. The first-order valence-corrected chi connectivity index (χ1v) is 6.12. The fourth-order valence-corrected chi connectivity index (χ4v) is 1.77. The summed E-state index contributed by atoms with van der Waals surface area (Å²) < 4.78 is 1.98. The number of rotatable bonds is 3. The third kappa shape index (κ3) is 2.45. The average molecular weight is 246 g/mol. The molecule has 0 aromatic carbocycles. The van der Waals surface area contributed by atoms with Gasteiger partial charge >= 0.3 is 6.03 Å². The average Bonchev–Trinajstić information content (AvgIpc) is 2.63. The number of aromatic nitrogens is 2. The van der Waals surface area contributed by atoms with Gasteiger partial charge in [0.25, 0.3) is 0 Å². The zero-order valence-electron chi connectivity index (χ0n) is 10.9. The maximum atomic E-state index is 11.6. The predicted octanol–water partition coefficient (Wildman–Crippen LogP) is 2.48. The summed E-state index contributed by atoms with van der Waals surface area (Å²) in [6, 6.07) is 3.58. The molecule has 0 saturated carbocycles. The van der Waals surface area contributed by atoms with E-state index in [2.05, 4.69) is 15.6 Å². The van der Waals surface area contributed by atoms with Crippen LogP contribution in [0.4, 0.5) is 10.5 Å². The van der Waals surface area contributed by atoms with Crippen LogP contribution in [-0.2, 0) is 0 Å². The zero-order valence-corrected chi connectivity index (χ0v) is 10.9. The van der Waals surface area contributed by atoms with Gasteiger partial charge in [0, 0.05) is 18.4 Å². The molecular formula is C13H18N4O. The largest absolute Gasteiger partial charge is 0.338 e. The summed E-state index contributed by atoms with van der Waals surface area (Å²) in [5.74, 6) is 0. The Morgan fingerprint density at radius 2 is 2.17 bits per heavy atom. The molecule has 2 aromatic heterocycles. The fourth-order valence-electron chi connectivity index (χ4n) is 1.77. The van der Waals surface area contributed by atoms with E-state index in [0.717, 1.165) is 29.1 Å². The third-order valence-corrected chi connectivity index (χ3v) is 2.89. The Hall–Kier alpha value is -2.04. The number of anilines is 1. The Kier molecular flexibility index (Phi) is 3.50. The molecule has 2 amide bonds. The van der Waals surface area contributed by atoms with E-state index in [1.165, 1.54) is 0 Å². The van der Waals surface area contributed by atoms with E-state index < -0.39 is 0 Å². The molecule has 0 radical (unpaired) electrons. The van der Waals surface area contributed by atoms with E-state index >= 15 is 0 Å². The van der Waals surface area contributed by atoms with Crippen molar-refractivity contribution in [2.75, 3.05) is 11.9 Å². The zero-order chi connectivity index (χ0) is 13.1. The van der Waals surface area contributed by atoms with Crippen molar-refractivity contribution in [2.24, 2.45) is 0 Å². The summed E-state index contributed by atoms with van der Waals surface area (Å²) in [4.78, 5) is 16.0. The first-order chi connectivity index (χ1) is 8.61. The summed E-state index contributed by atoms with van der Waals surface area (Å²) in [7, 11) is 0. The predicted molar refractivity (Wildman–Crippen MR) is 72.0 cm³/mol. The lowest BCUT2D eigenvalue weighted by Gasteiger charge is -2.07. The van der Waals surface area contributed by atoms with Crippen LogP contribution in [0, 0.1) is 13.8 Å². The highest BCUT2D eigenvalue weighted by atomic mass is 16.2. The number of imidazole rings is 1. The lowest BCUT2D eigenvalue weighted by molar-refractivity contribution is 0.252. The van der Waals surface area contributed by atoms with Crippen LogP contribution in [0.1, 0.15) is 24.7 Å². The molecule has 5 nitrogen and oxygen atoms in total. The Morgan fingerprint density at radius 1 is 1.39 bits per heavy atom. The number of pyridine rings is 1. The number of carbonyl (C=O) groups is 1. The van der Waals surface area contributed by atoms with Crippen LogP contribution < -0.4 is 10.6 Å². The van der Waals surface area contributed by atoms with Crippen molar-refractivity contribution in [3.05, 3.63) is 29.7 Å². The van der Waals surface area contributed by atoms with Crippen LogP contribution >= 0.6 is 0 Å². The maximum Gasteiger partial charge on any atom is 0.319 e. The molecular weight excluding hydrogens is 228 g/mol. The summed E-state index contributed by atoms with van der Waals surface area (Å²) in [6.07, 6.45) is 2.81. The summed E-state index contributed by atoms with van der Waals surface area (Å²) in [6.45, 7) is 6.68. The van der Waals surface area contributed by atoms with Gasteiger partial charge < -0.3 is 15.0 Å². The number of amides is 2. The van der Waals surface area contributed by atoms with Gasteiger partial charge in [-0.25, -0.2) is 9.78 Å². The van der Waals surface area contributed by atoms with Crippen LogP contribution in [0.2, 0.25) is 0 Å². The minimum absolute atomic E-state index is 0.175. The van der Waals surface area contributed by atoms with Crippen molar-refractivity contribution >= 4 is 17.4 Å². The van der Waals surface area contributed by atoms with Gasteiger partial charge in [-0.2, -0.15) is 0 Å². The lowest BCUT2D eigenvalue weighted by Crippen LogP contribution is -2.29. The summed E-state index contributed by atoms with van der Waals surface area (Å²) >= 11 is 0. The highest BCUT2D eigenvalue weighted by molar-refractivity contribution is 5.89. The van der Waals surface area contributed by atoms with Gasteiger partial charge in [-0.05, 0) is 32.4 Å². The van der Waals surface area contributed by atoms with Gasteiger partial charge in [0.05, 0.1) is 11.4 Å². The molecule has 5 heteroatoms. The normalized spacial score (nSPS) is 10.6. The molecule has 2 rings (SSSR count). The van der Waals surface area contributed by atoms with E-state index in [0.29, 0.717) is 6.54 Å². The smallest absolute Gasteiger partial charge is 0.319 e. The summed E-state index contributed by atoms with van der Waals surface area (Å²) in [5.41, 5.74) is 3.74. The van der Waals surface area contributed by atoms with Crippen molar-refractivity contribution < 1.29 is 4.79 Å². The standard InChI is InChI=1S/C13H18N4O/c1-4-7-14-13(18)16-11-5-6-12-15-9(2)10(3)17(12)8-11/h5-6,8H,4,7H2,1-3H3,(H2,14,16,18). The third-order valence-electron chi connectivity index (χ3n) is 2.89. The molecule has 0 aliphatic carbocycles. The fraction of sp³-hybridized carbons (Fsp3) is 0.385. The first-order valence-electron chi connectivity index (χ1n) is 6.12. The molecule has 0 spiro atoms. The molecule has 2 heterocycles. The van der Waals surface area contributed by atoms with E-state index in [4.69, 9.17) is 0 Å². The van der Waals surface area contributed by atoms with Gasteiger partial charge in [-0.15, -0.1) is 0 Å². The van der Waals surface area contributed by atoms with Crippen molar-refractivity contribution in [1.82, 2.24) is 14.7 Å². The number of nitrogens with zero attached hydrogens (tertiary/aromatic N) is 2. The number of nitrogens with one attached hydrogen (secondary N) is 2. The highest BCUT2D eigenvalue weighted by Gasteiger charge is 2.06. The quantitative estimate of drug-likeness (QED) is 0.874. The molecule has 0 aliphatic rings. The number of hydrogen-bond donors (Lipinski definition) is 2. The molecule has 0 atom stereocenters. The van der Waals surface area contributed by atoms with Crippen molar-refractivity contribution in [2.45, 2.75) is 27.2 Å². The molecule has 18 heavy (non-hydrogen) atoms. The topological polar surface area (TPSA) is 58.4 Å². The van der Waals surface area contributed by atoms with Crippen LogP contribution in [0.5, 0.6) is 0 Å². The Labute approximate surface area is 106 Å². The van der Waals surface area contributed by atoms with E-state index in [1.807, 2.05) is 43.5 Å². The minimum atomic E-state index is -0.175. The van der Waals surface area contributed by atoms with Gasteiger partial charge in [-0.3, -0.25) is 0 Å². The SMILES string of the molecule is CCCNC(=O)Nc1ccc2nc(C)c(C)n2c1. The first kappa shape index (κ1) is 12.4. The number of fused-ring (bicyclic) bond motifs is 1. The Balaban J connectivity index is 2.19. The van der Waals surface area contributed by atoms with E-state index in [1.54, 1.807) is 0 Å². The van der Waals surface area contributed by atoms with Gasteiger partial charge in [0.2, 0.25) is 0 Å². The molecule has 2 aromatic rings. The van der Waals surface area contributed by atoms with Crippen molar-refractivity contribution in [3.8, 4) is 0 Å². The van der Waals surface area contributed by atoms with Gasteiger partial charge in [-0.1, -0.05) is 6.92 Å². The van der Waals surface area contributed by atoms with Crippen LogP contribution in [0.25, 0.3) is 5.65 Å². The molecule has 0 saturated heterocycles. The van der Waals surface area contributed by atoms with Crippen molar-refractivity contribution in [1.29, 1.82) is 0 Å². The van der Waals surface area contributed by atoms with Crippen LogP contribution in [0.3, 0.4) is 0 Å². The molecule has 96 valence electrons. The number of carbonyl (C=O) groups excluding carboxylic acids is 1. The van der Waals surface area contributed by atoms with E-state index in [-0.39, 0.29) is 6.03 Å². The van der Waals surface area contributed by atoms with Crippen LogP contribution in [0.15, 0.2) is 18.3 Å². The molecule has 0 bridgehead atoms. The minimum Gasteiger partial charge on any atom is -0.338 e. The van der Waals surface area contributed by atoms with Crippen molar-refractivity contribution in [3.63, 3.8) is 0 Å². The number of aryl methyl sites for hydroxylation is 2. The number of urea groups is 1. The second kappa shape index (κ2) is 5.08. The Morgan fingerprint density at radius 3 is 2.89 bits per heavy atom. The van der Waals surface area contributed by atoms with Gasteiger partial charge in [0.1, 0.15) is 5.65 Å². The maximum absolute atomic E-state index is 11.6. The number of hydrogen-bond acceptors (Lipinski definition) is 2. The Bertz CT molecular complexity index is 574. The molecule has 0 aliphatic heterocycles. The monoisotopic (exact) mass is 246 g/mol.